The number of nitrogens with zero attached hydrogens (tertiary/aromatic N) is 2. The van der Waals surface area contributed by atoms with E-state index in [0.29, 0.717) is 24.8 Å². The predicted octanol–water partition coefficient (Wildman–Crippen LogP) is 1.16. The maximum absolute atomic E-state index is 11.9. The molecule has 0 saturated heterocycles. The van der Waals surface area contributed by atoms with Crippen LogP contribution in [0, 0.1) is 5.92 Å². The van der Waals surface area contributed by atoms with Crippen LogP contribution in [-0.2, 0) is 6.54 Å². The molecule has 0 amide bonds. The van der Waals surface area contributed by atoms with Gasteiger partial charge >= 0.3 is 0 Å². The van der Waals surface area contributed by atoms with Gasteiger partial charge in [-0.15, -0.1) is 0 Å². The normalized spacial score (nSPS) is 16.1. The molecule has 100 valence electrons. The second-order valence-corrected chi connectivity index (χ2v) is 4.85. The van der Waals surface area contributed by atoms with Crippen LogP contribution in [0.2, 0.25) is 0 Å². The van der Waals surface area contributed by atoms with E-state index in [1.807, 2.05) is 0 Å². The first-order valence-corrected chi connectivity index (χ1v) is 6.69. The van der Waals surface area contributed by atoms with Crippen molar-refractivity contribution >= 4 is 0 Å². The lowest BCUT2D eigenvalue weighted by molar-refractivity contribution is 0.307. The first kappa shape index (κ1) is 13.1. The highest BCUT2D eigenvalue weighted by molar-refractivity contribution is 5.13. The van der Waals surface area contributed by atoms with E-state index in [-0.39, 0.29) is 5.56 Å². The molecule has 1 aromatic heterocycles. The minimum atomic E-state index is -0.0767. The van der Waals surface area contributed by atoms with Crippen molar-refractivity contribution in [3.63, 3.8) is 0 Å². The Bertz CT molecular complexity index is 424. The summed E-state index contributed by atoms with van der Waals surface area (Å²) in [6.07, 6.45) is 7.38. The lowest BCUT2D eigenvalue weighted by Crippen LogP contribution is -2.25. The molecule has 0 aliphatic heterocycles. The molecule has 1 saturated carbocycles. The topological polar surface area (TPSA) is 70.1 Å². The fraction of sp³-hybridized carbons (Fsp3) is 0.692. The van der Waals surface area contributed by atoms with Crippen molar-refractivity contribution in [1.82, 2.24) is 9.78 Å². The zero-order chi connectivity index (χ0) is 12.8. The van der Waals surface area contributed by atoms with Gasteiger partial charge in [0.1, 0.15) is 5.75 Å². The summed E-state index contributed by atoms with van der Waals surface area (Å²) in [6.45, 7) is 1.86. The Morgan fingerprint density at radius 1 is 1.44 bits per heavy atom. The van der Waals surface area contributed by atoms with Gasteiger partial charge in [0.15, 0.2) is 0 Å². The standard InChI is InChI=1S/C13H21N3O2/c14-6-3-7-18-12-8-13(17)16(15-9-12)10-11-4-1-2-5-11/h8-9,11H,1-7,10,14H2. The lowest BCUT2D eigenvalue weighted by atomic mass is 10.1. The van der Waals surface area contributed by atoms with Crippen LogP contribution in [0.5, 0.6) is 5.75 Å². The molecular formula is C13H21N3O2. The average molecular weight is 251 g/mol. The van der Waals surface area contributed by atoms with Crippen molar-refractivity contribution in [2.24, 2.45) is 11.7 Å². The zero-order valence-electron chi connectivity index (χ0n) is 10.7. The smallest absolute Gasteiger partial charge is 0.270 e. The SMILES string of the molecule is NCCCOc1cnn(CC2CCCC2)c(=O)c1. The second kappa shape index (κ2) is 6.54. The van der Waals surface area contributed by atoms with E-state index in [1.54, 1.807) is 10.9 Å². The Labute approximate surface area is 107 Å². The van der Waals surface area contributed by atoms with Crippen LogP contribution >= 0.6 is 0 Å². The van der Waals surface area contributed by atoms with Crippen molar-refractivity contribution < 1.29 is 4.74 Å². The van der Waals surface area contributed by atoms with Gasteiger partial charge in [-0.25, -0.2) is 4.68 Å². The largest absolute Gasteiger partial charge is 0.492 e. The van der Waals surface area contributed by atoms with E-state index >= 15 is 0 Å². The highest BCUT2D eigenvalue weighted by Crippen LogP contribution is 2.25. The molecule has 1 aliphatic rings. The van der Waals surface area contributed by atoms with Crippen LogP contribution in [0.1, 0.15) is 32.1 Å². The fourth-order valence-electron chi connectivity index (χ4n) is 2.34. The Morgan fingerprint density at radius 3 is 2.89 bits per heavy atom. The van der Waals surface area contributed by atoms with Gasteiger partial charge in [0.25, 0.3) is 5.56 Å². The van der Waals surface area contributed by atoms with Crippen molar-refractivity contribution in [2.45, 2.75) is 38.6 Å². The van der Waals surface area contributed by atoms with Crippen LogP contribution in [-0.4, -0.2) is 22.9 Å². The molecule has 2 N–H and O–H groups in total. The summed E-state index contributed by atoms with van der Waals surface area (Å²) in [6, 6.07) is 1.51. The summed E-state index contributed by atoms with van der Waals surface area (Å²) in [7, 11) is 0. The Morgan fingerprint density at radius 2 is 2.22 bits per heavy atom. The van der Waals surface area contributed by atoms with Gasteiger partial charge in [0.2, 0.25) is 0 Å². The highest BCUT2D eigenvalue weighted by atomic mass is 16.5. The average Bonchev–Trinajstić information content (AvgIpc) is 2.86. The Balaban J connectivity index is 1.94. The molecule has 1 heterocycles. The van der Waals surface area contributed by atoms with Crippen molar-refractivity contribution in [1.29, 1.82) is 0 Å². The van der Waals surface area contributed by atoms with Crippen molar-refractivity contribution in [3.05, 3.63) is 22.6 Å². The third-order valence-corrected chi connectivity index (χ3v) is 3.37. The molecule has 0 spiro atoms. The van der Waals surface area contributed by atoms with Gasteiger partial charge in [0, 0.05) is 12.6 Å². The zero-order valence-corrected chi connectivity index (χ0v) is 10.7. The van der Waals surface area contributed by atoms with Gasteiger partial charge in [-0.05, 0) is 31.7 Å². The minimum Gasteiger partial charge on any atom is -0.492 e. The summed E-state index contributed by atoms with van der Waals surface area (Å²) >= 11 is 0. The summed E-state index contributed by atoms with van der Waals surface area (Å²) in [4.78, 5) is 11.9. The van der Waals surface area contributed by atoms with Crippen molar-refractivity contribution in [3.8, 4) is 5.75 Å². The number of hydrogen-bond acceptors (Lipinski definition) is 4. The molecule has 1 fully saturated rings. The maximum Gasteiger partial charge on any atom is 0.270 e. The number of nitrogens with two attached hydrogens (primary N) is 1. The van der Waals surface area contributed by atoms with E-state index in [0.717, 1.165) is 13.0 Å². The number of hydrogen-bond donors (Lipinski definition) is 1. The maximum atomic E-state index is 11.9. The Kier molecular flexibility index (Phi) is 4.75. The van der Waals surface area contributed by atoms with Crippen LogP contribution in [0.4, 0.5) is 0 Å². The molecule has 5 nitrogen and oxygen atoms in total. The van der Waals surface area contributed by atoms with E-state index < -0.39 is 0 Å². The molecule has 5 heteroatoms. The number of rotatable bonds is 6. The lowest BCUT2D eigenvalue weighted by Gasteiger charge is -2.11. The monoisotopic (exact) mass is 251 g/mol. The molecule has 0 radical (unpaired) electrons. The van der Waals surface area contributed by atoms with Gasteiger partial charge in [-0.1, -0.05) is 12.8 Å². The summed E-state index contributed by atoms with van der Waals surface area (Å²) in [5, 5.41) is 4.17. The number of ether oxygens (including phenoxy) is 1. The first-order chi connectivity index (χ1) is 8.79. The van der Waals surface area contributed by atoms with E-state index in [9.17, 15) is 4.79 Å². The van der Waals surface area contributed by atoms with E-state index in [1.165, 1.54) is 31.7 Å². The molecular weight excluding hydrogens is 230 g/mol. The van der Waals surface area contributed by atoms with Gasteiger partial charge < -0.3 is 10.5 Å². The van der Waals surface area contributed by atoms with Crippen LogP contribution in [0.15, 0.2) is 17.1 Å². The van der Waals surface area contributed by atoms with Crippen LogP contribution < -0.4 is 16.0 Å². The molecule has 0 aromatic carbocycles. The summed E-state index contributed by atoms with van der Waals surface area (Å²) in [5.74, 6) is 1.15. The molecule has 18 heavy (non-hydrogen) atoms. The minimum absolute atomic E-state index is 0.0767. The van der Waals surface area contributed by atoms with Crippen LogP contribution in [0.25, 0.3) is 0 Å². The predicted molar refractivity (Wildman–Crippen MR) is 69.6 cm³/mol. The van der Waals surface area contributed by atoms with Gasteiger partial charge in [-0.2, -0.15) is 5.10 Å². The molecule has 1 aromatic rings. The molecule has 0 bridgehead atoms. The second-order valence-electron chi connectivity index (χ2n) is 4.85. The molecule has 1 aliphatic carbocycles. The van der Waals surface area contributed by atoms with Gasteiger partial charge in [0.05, 0.1) is 12.8 Å². The summed E-state index contributed by atoms with van der Waals surface area (Å²) < 4.78 is 6.94. The summed E-state index contributed by atoms with van der Waals surface area (Å²) in [5.41, 5.74) is 5.30. The third-order valence-electron chi connectivity index (χ3n) is 3.37. The third kappa shape index (κ3) is 3.57. The van der Waals surface area contributed by atoms with E-state index in [2.05, 4.69) is 5.10 Å². The quantitative estimate of drug-likeness (QED) is 0.770. The first-order valence-electron chi connectivity index (χ1n) is 6.69. The highest BCUT2D eigenvalue weighted by Gasteiger charge is 2.16. The molecule has 0 unspecified atom stereocenters. The molecule has 2 rings (SSSR count). The number of aromatic nitrogens is 2. The van der Waals surface area contributed by atoms with Crippen LogP contribution in [0.3, 0.4) is 0 Å². The fourth-order valence-corrected chi connectivity index (χ4v) is 2.34. The van der Waals surface area contributed by atoms with E-state index in [4.69, 9.17) is 10.5 Å². The Hall–Kier alpha value is -1.36. The molecule has 0 atom stereocenters. The van der Waals surface area contributed by atoms with Crippen molar-refractivity contribution in [2.75, 3.05) is 13.2 Å². The van der Waals surface area contributed by atoms with Gasteiger partial charge in [-0.3, -0.25) is 4.79 Å².